The Labute approximate surface area is 220 Å². The number of ether oxygens (including phenoxy) is 1. The first kappa shape index (κ1) is 26.1. The standard InChI is InChI=1S/C32H29F4NO/c33-30-20-25(11-12-29(30)24-7-3-1-4-8-24)26-17-23(18-28(19-26)32(34,35)36)21-38-22-31(13-15-37-16-14-31)27-9-5-2-6-10-27/h1-12,17-20,37H,13-16,21-22H2. The SMILES string of the molecule is Fc1cc(-c2cc(COCC3(c4ccccc4)CCNCC3)cc(C(F)(F)F)c2)ccc1-c1ccccc1. The summed E-state index contributed by atoms with van der Waals surface area (Å²) in [6.45, 7) is 2.15. The molecule has 1 N–H and O–H groups in total. The zero-order chi connectivity index (χ0) is 26.6. The maximum absolute atomic E-state index is 15.0. The van der Waals surface area contributed by atoms with Crippen molar-refractivity contribution in [3.8, 4) is 22.3 Å². The van der Waals surface area contributed by atoms with Gasteiger partial charge in [-0.2, -0.15) is 13.2 Å². The summed E-state index contributed by atoms with van der Waals surface area (Å²) in [6.07, 6.45) is -2.76. The molecule has 1 aliphatic heterocycles. The predicted molar refractivity (Wildman–Crippen MR) is 142 cm³/mol. The first-order valence-electron chi connectivity index (χ1n) is 12.7. The summed E-state index contributed by atoms with van der Waals surface area (Å²) in [4.78, 5) is 0. The van der Waals surface area contributed by atoms with E-state index in [1.807, 2.05) is 36.4 Å². The van der Waals surface area contributed by atoms with Crippen LogP contribution in [0, 0.1) is 5.82 Å². The van der Waals surface area contributed by atoms with Crippen LogP contribution in [0.3, 0.4) is 0 Å². The van der Waals surface area contributed by atoms with Gasteiger partial charge in [0.1, 0.15) is 5.82 Å². The van der Waals surface area contributed by atoms with E-state index in [-0.39, 0.29) is 12.0 Å². The van der Waals surface area contributed by atoms with Gasteiger partial charge in [-0.25, -0.2) is 4.39 Å². The Morgan fingerprint density at radius 1 is 0.737 bits per heavy atom. The van der Waals surface area contributed by atoms with E-state index in [0.717, 1.165) is 38.1 Å². The van der Waals surface area contributed by atoms with Crippen molar-refractivity contribution in [3.63, 3.8) is 0 Å². The molecule has 1 saturated heterocycles. The second-order valence-corrected chi connectivity index (χ2v) is 9.87. The Bertz CT molecular complexity index is 1360. The molecule has 0 spiro atoms. The molecule has 0 aromatic heterocycles. The van der Waals surface area contributed by atoms with Crippen LogP contribution in [0.15, 0.2) is 97.1 Å². The lowest BCUT2D eigenvalue weighted by atomic mass is 9.74. The van der Waals surface area contributed by atoms with Crippen LogP contribution in [0.25, 0.3) is 22.3 Å². The third-order valence-corrected chi connectivity index (χ3v) is 7.30. The van der Waals surface area contributed by atoms with Crippen LogP contribution >= 0.6 is 0 Å². The third kappa shape index (κ3) is 5.82. The summed E-state index contributed by atoms with van der Waals surface area (Å²) in [5.74, 6) is -0.486. The summed E-state index contributed by atoms with van der Waals surface area (Å²) in [7, 11) is 0. The van der Waals surface area contributed by atoms with Crippen LogP contribution in [0.5, 0.6) is 0 Å². The van der Waals surface area contributed by atoms with E-state index in [2.05, 4.69) is 17.4 Å². The molecule has 2 nitrogen and oxygen atoms in total. The van der Waals surface area contributed by atoms with Gasteiger partial charge in [-0.05, 0) is 78.0 Å². The fourth-order valence-electron chi connectivity index (χ4n) is 5.23. The molecule has 0 bridgehead atoms. The highest BCUT2D eigenvalue weighted by Crippen LogP contribution is 2.37. The number of piperidine rings is 1. The molecule has 1 aliphatic rings. The highest BCUT2D eigenvalue weighted by molar-refractivity contribution is 5.72. The molecule has 1 heterocycles. The molecule has 6 heteroatoms. The summed E-state index contributed by atoms with van der Waals surface area (Å²) >= 11 is 0. The Morgan fingerprint density at radius 2 is 1.42 bits per heavy atom. The minimum Gasteiger partial charge on any atom is -0.376 e. The molecular formula is C32H29F4NO. The van der Waals surface area contributed by atoms with E-state index in [0.29, 0.717) is 34.4 Å². The minimum atomic E-state index is -4.53. The number of alkyl halides is 3. The predicted octanol–water partition coefficient (Wildman–Crippen LogP) is 8.02. The average Bonchev–Trinajstić information content (AvgIpc) is 2.94. The van der Waals surface area contributed by atoms with Crippen molar-refractivity contribution in [2.24, 2.45) is 0 Å². The first-order chi connectivity index (χ1) is 18.3. The second kappa shape index (κ2) is 11.1. The molecule has 5 rings (SSSR count). The second-order valence-electron chi connectivity index (χ2n) is 9.87. The minimum absolute atomic E-state index is 0.0313. The van der Waals surface area contributed by atoms with E-state index < -0.39 is 17.6 Å². The average molecular weight is 520 g/mol. The van der Waals surface area contributed by atoms with Crippen LogP contribution < -0.4 is 5.32 Å². The van der Waals surface area contributed by atoms with E-state index in [1.165, 1.54) is 11.6 Å². The number of nitrogens with one attached hydrogen (secondary N) is 1. The molecule has 0 aliphatic carbocycles. The third-order valence-electron chi connectivity index (χ3n) is 7.30. The van der Waals surface area contributed by atoms with Crippen LogP contribution in [0.2, 0.25) is 0 Å². The fraction of sp³-hybridized carbons (Fsp3) is 0.250. The van der Waals surface area contributed by atoms with Crippen molar-refractivity contribution in [2.75, 3.05) is 19.7 Å². The van der Waals surface area contributed by atoms with Crippen molar-refractivity contribution >= 4 is 0 Å². The van der Waals surface area contributed by atoms with Crippen LogP contribution in [-0.2, 0) is 22.9 Å². The van der Waals surface area contributed by atoms with Crippen LogP contribution in [-0.4, -0.2) is 19.7 Å². The summed E-state index contributed by atoms with van der Waals surface area (Å²) < 4.78 is 62.5. The Hall–Kier alpha value is -3.48. The highest BCUT2D eigenvalue weighted by atomic mass is 19.4. The Kier molecular flexibility index (Phi) is 7.63. The van der Waals surface area contributed by atoms with Gasteiger partial charge in [-0.15, -0.1) is 0 Å². The van der Waals surface area contributed by atoms with Gasteiger partial charge in [0, 0.05) is 11.0 Å². The molecule has 0 unspecified atom stereocenters. The topological polar surface area (TPSA) is 21.3 Å². The van der Waals surface area contributed by atoms with Gasteiger partial charge in [0.25, 0.3) is 0 Å². The van der Waals surface area contributed by atoms with E-state index in [9.17, 15) is 13.2 Å². The molecule has 196 valence electrons. The van der Waals surface area contributed by atoms with Crippen molar-refractivity contribution in [3.05, 3.63) is 120 Å². The van der Waals surface area contributed by atoms with Crippen molar-refractivity contribution in [1.82, 2.24) is 5.32 Å². The molecule has 4 aromatic carbocycles. The monoisotopic (exact) mass is 519 g/mol. The Morgan fingerprint density at radius 3 is 2.08 bits per heavy atom. The molecule has 0 amide bonds. The van der Waals surface area contributed by atoms with Crippen molar-refractivity contribution < 1.29 is 22.3 Å². The molecule has 1 fully saturated rings. The van der Waals surface area contributed by atoms with E-state index >= 15 is 4.39 Å². The number of hydrogen-bond donors (Lipinski definition) is 1. The number of hydrogen-bond acceptors (Lipinski definition) is 2. The quantitative estimate of drug-likeness (QED) is 0.250. The molecule has 0 radical (unpaired) electrons. The van der Waals surface area contributed by atoms with Crippen molar-refractivity contribution in [1.29, 1.82) is 0 Å². The Balaban J connectivity index is 1.41. The van der Waals surface area contributed by atoms with Gasteiger partial charge in [-0.3, -0.25) is 0 Å². The van der Waals surface area contributed by atoms with E-state index in [4.69, 9.17) is 4.74 Å². The molecule has 4 aromatic rings. The molecular weight excluding hydrogens is 490 g/mol. The maximum Gasteiger partial charge on any atom is 0.416 e. The van der Waals surface area contributed by atoms with Crippen LogP contribution in [0.4, 0.5) is 17.6 Å². The zero-order valence-corrected chi connectivity index (χ0v) is 20.9. The van der Waals surface area contributed by atoms with Gasteiger partial charge < -0.3 is 10.1 Å². The van der Waals surface area contributed by atoms with E-state index in [1.54, 1.807) is 30.3 Å². The summed E-state index contributed by atoms with van der Waals surface area (Å²) in [5, 5.41) is 3.37. The largest absolute Gasteiger partial charge is 0.416 e. The lowest BCUT2D eigenvalue weighted by Crippen LogP contribution is -2.43. The summed E-state index contributed by atoms with van der Waals surface area (Å²) in [5.41, 5.74) is 2.41. The normalized spacial score (nSPS) is 15.4. The molecule has 0 atom stereocenters. The van der Waals surface area contributed by atoms with Gasteiger partial charge in [-0.1, -0.05) is 72.8 Å². The number of benzene rings is 4. The maximum atomic E-state index is 15.0. The van der Waals surface area contributed by atoms with Gasteiger partial charge in [0.2, 0.25) is 0 Å². The summed E-state index contributed by atoms with van der Waals surface area (Å²) in [6, 6.07) is 27.6. The van der Waals surface area contributed by atoms with Crippen LogP contribution in [0.1, 0.15) is 29.5 Å². The zero-order valence-electron chi connectivity index (χ0n) is 20.9. The lowest BCUT2D eigenvalue weighted by Gasteiger charge is -2.38. The molecule has 0 saturated carbocycles. The number of halogens is 4. The smallest absolute Gasteiger partial charge is 0.376 e. The fourth-order valence-corrected chi connectivity index (χ4v) is 5.23. The van der Waals surface area contributed by atoms with Crippen molar-refractivity contribution in [2.45, 2.75) is 31.0 Å². The lowest BCUT2D eigenvalue weighted by molar-refractivity contribution is -0.137. The highest BCUT2D eigenvalue weighted by Gasteiger charge is 2.34. The first-order valence-corrected chi connectivity index (χ1v) is 12.7. The van der Waals surface area contributed by atoms with Gasteiger partial charge >= 0.3 is 6.18 Å². The van der Waals surface area contributed by atoms with Gasteiger partial charge in [0.15, 0.2) is 0 Å². The van der Waals surface area contributed by atoms with Gasteiger partial charge in [0.05, 0.1) is 18.8 Å². The number of rotatable bonds is 7. The molecule has 38 heavy (non-hydrogen) atoms.